The van der Waals surface area contributed by atoms with E-state index in [1.807, 2.05) is 44.2 Å². The quantitative estimate of drug-likeness (QED) is 0.146. The maximum absolute atomic E-state index is 13.7. The zero-order valence-corrected chi connectivity index (χ0v) is 33.8. The minimum atomic E-state index is -1.11. The van der Waals surface area contributed by atoms with Crippen molar-refractivity contribution < 1.29 is 33.5 Å². The van der Waals surface area contributed by atoms with E-state index in [4.69, 9.17) is 10.5 Å². The summed E-state index contributed by atoms with van der Waals surface area (Å²) < 4.78 is 5.16. The van der Waals surface area contributed by atoms with Gasteiger partial charge in [-0.1, -0.05) is 144 Å². The van der Waals surface area contributed by atoms with Crippen LogP contribution in [0.15, 0.2) is 30.3 Å². The highest BCUT2D eigenvalue weighted by atomic mass is 16.5. The Morgan fingerprint density at radius 1 is 0.868 bits per heavy atom. The van der Waals surface area contributed by atoms with Gasteiger partial charge in [0, 0.05) is 6.54 Å². The molecule has 12 nitrogen and oxygen atoms in total. The summed E-state index contributed by atoms with van der Waals surface area (Å²) in [4.78, 5) is 77.1. The van der Waals surface area contributed by atoms with Crippen molar-refractivity contribution in [1.29, 1.82) is 0 Å². The van der Waals surface area contributed by atoms with Crippen LogP contribution < -0.4 is 21.7 Å². The van der Waals surface area contributed by atoms with Crippen molar-refractivity contribution in [3.05, 3.63) is 35.9 Å². The molecule has 3 fully saturated rings. The first kappa shape index (κ1) is 47.1. The van der Waals surface area contributed by atoms with Crippen molar-refractivity contribution in [3.8, 4) is 0 Å². The summed E-state index contributed by atoms with van der Waals surface area (Å²) in [5.74, 6) is -2.33. The summed E-state index contributed by atoms with van der Waals surface area (Å²) in [5.41, 5.74) is 5.29. The number of urea groups is 1. The molecule has 1 aromatic rings. The number of rotatable bonds is 12. The van der Waals surface area contributed by atoms with Crippen molar-refractivity contribution in [2.24, 2.45) is 23.0 Å². The zero-order chi connectivity index (χ0) is 40.0. The van der Waals surface area contributed by atoms with Crippen molar-refractivity contribution in [2.45, 2.75) is 157 Å². The van der Waals surface area contributed by atoms with Gasteiger partial charge in [-0.2, -0.15) is 0 Å². The van der Waals surface area contributed by atoms with Gasteiger partial charge < -0.3 is 31.3 Å². The first-order chi connectivity index (χ1) is 25.2. The average Bonchev–Trinajstić information content (AvgIpc) is 3.61. The molecule has 0 radical (unpaired) electrons. The molecule has 1 aromatic carbocycles. The minimum absolute atomic E-state index is 0.0665. The number of carbonyl (C=O) groups is 6. The molecule has 5 amide bonds. The maximum Gasteiger partial charge on any atom is 0.325 e. The van der Waals surface area contributed by atoms with Crippen LogP contribution in [0.2, 0.25) is 0 Å². The SMILES string of the molecule is CC.CC(C)(C)C(NC(=O)NCC(=O)OCc1ccccc1)C(=O)N1CCCC1C(=O)NC(CC1CCC1)C(=O)C(N)=O.CC1CCCCC1.CCC. The molecule has 12 heteroatoms. The number of carbonyl (C=O) groups excluding carboxylic acids is 6. The van der Waals surface area contributed by atoms with Crippen LogP contribution in [0.3, 0.4) is 0 Å². The molecule has 0 spiro atoms. The van der Waals surface area contributed by atoms with Crippen molar-refractivity contribution >= 4 is 35.5 Å². The number of primary amides is 1. The summed E-state index contributed by atoms with van der Waals surface area (Å²) in [6, 6.07) is 5.45. The molecule has 0 aromatic heterocycles. The Balaban J connectivity index is 0.00000101. The van der Waals surface area contributed by atoms with Gasteiger partial charge in [-0.15, -0.1) is 0 Å². The van der Waals surface area contributed by atoms with Crippen molar-refractivity contribution in [2.75, 3.05) is 13.1 Å². The predicted octanol–water partition coefficient (Wildman–Crippen LogP) is 6.19. The molecule has 1 heterocycles. The Kier molecular flexibility index (Phi) is 22.3. The molecule has 3 unspecified atom stereocenters. The largest absolute Gasteiger partial charge is 0.460 e. The Morgan fingerprint density at radius 3 is 1.96 bits per heavy atom. The monoisotopic (exact) mass is 744 g/mol. The molecule has 1 aliphatic heterocycles. The van der Waals surface area contributed by atoms with Gasteiger partial charge in [-0.3, -0.25) is 24.0 Å². The smallest absolute Gasteiger partial charge is 0.325 e. The number of nitrogens with one attached hydrogen (secondary N) is 3. The van der Waals surface area contributed by atoms with Crippen molar-refractivity contribution in [1.82, 2.24) is 20.9 Å². The zero-order valence-electron chi connectivity index (χ0n) is 33.8. The van der Waals surface area contributed by atoms with Gasteiger partial charge in [-0.05, 0) is 42.1 Å². The second-order valence-corrected chi connectivity index (χ2v) is 15.2. The van der Waals surface area contributed by atoms with E-state index in [1.54, 1.807) is 20.8 Å². The summed E-state index contributed by atoms with van der Waals surface area (Å²) in [5, 5.41) is 7.73. The van der Waals surface area contributed by atoms with Gasteiger partial charge in [-0.25, -0.2) is 4.79 Å². The lowest BCUT2D eigenvalue weighted by Crippen LogP contribution is -2.60. The molecule has 3 atom stereocenters. The number of ketones is 1. The lowest BCUT2D eigenvalue weighted by atomic mass is 9.80. The van der Waals surface area contributed by atoms with Crippen molar-refractivity contribution in [3.63, 3.8) is 0 Å². The van der Waals surface area contributed by atoms with Gasteiger partial charge >= 0.3 is 12.0 Å². The number of nitrogens with zero attached hydrogens (tertiary/aromatic N) is 1. The van der Waals surface area contributed by atoms with E-state index in [9.17, 15) is 28.8 Å². The molecule has 4 rings (SSSR count). The number of likely N-dealkylation sites (tertiary alicyclic amines) is 1. The Labute approximate surface area is 318 Å². The molecular weight excluding hydrogens is 674 g/mol. The number of nitrogens with two attached hydrogens (primary N) is 1. The molecular formula is C41H69N5O7. The highest BCUT2D eigenvalue weighted by molar-refractivity contribution is 6.37. The molecule has 3 aliphatic rings. The number of hydrogen-bond donors (Lipinski definition) is 4. The molecule has 300 valence electrons. The van der Waals surface area contributed by atoms with Crippen LogP contribution in [-0.2, 0) is 35.3 Å². The standard InChI is InChI=1S/C29H41N5O7.C7H14.C3H8.C2H6/c1-29(2,3)24(33-28(40)31-16-22(35)41-17-19-9-5-4-6-10-19)27(39)34-14-8-13-21(34)26(38)32-20(23(36)25(30)37)15-18-11-7-12-18;1-7-5-3-2-4-6-7;1-3-2;1-2/h4-6,9-10,18,20-21,24H,7-8,11-17H2,1-3H3,(H2,30,37)(H,32,38)(H2,31,33,40);7H,2-6H2,1H3;3H2,1-2H3;1-2H3. The Hall–Kier alpha value is -3.96. The maximum atomic E-state index is 13.7. The van der Waals surface area contributed by atoms with Crippen LogP contribution in [0.5, 0.6) is 0 Å². The Morgan fingerprint density at radius 2 is 1.47 bits per heavy atom. The highest BCUT2D eigenvalue weighted by Gasteiger charge is 2.43. The first-order valence-corrected chi connectivity index (χ1v) is 19.9. The van der Waals surface area contributed by atoms with E-state index in [-0.39, 0.29) is 19.1 Å². The predicted molar refractivity (Wildman–Crippen MR) is 208 cm³/mol. The lowest BCUT2D eigenvalue weighted by Gasteiger charge is -2.36. The van der Waals surface area contributed by atoms with Crippen LogP contribution >= 0.6 is 0 Å². The summed E-state index contributed by atoms with van der Waals surface area (Å²) in [7, 11) is 0. The van der Waals surface area contributed by atoms with Crippen LogP contribution in [0.4, 0.5) is 4.79 Å². The van der Waals surface area contributed by atoms with Crippen LogP contribution in [0, 0.1) is 17.3 Å². The fraction of sp³-hybridized carbons (Fsp3) is 0.707. The molecule has 53 heavy (non-hydrogen) atoms. The third-order valence-electron chi connectivity index (χ3n) is 9.43. The first-order valence-electron chi connectivity index (χ1n) is 19.9. The molecule has 2 saturated carbocycles. The minimum Gasteiger partial charge on any atom is -0.460 e. The number of ether oxygens (including phenoxy) is 1. The fourth-order valence-electron chi connectivity index (χ4n) is 6.28. The van der Waals surface area contributed by atoms with Gasteiger partial charge in [0.25, 0.3) is 5.91 Å². The molecule has 0 bridgehead atoms. The molecule has 2 aliphatic carbocycles. The van der Waals surface area contributed by atoms with E-state index < -0.39 is 65.6 Å². The second kappa shape index (κ2) is 25.1. The average molecular weight is 744 g/mol. The van der Waals surface area contributed by atoms with E-state index in [1.165, 1.54) is 43.4 Å². The number of esters is 1. The Bertz CT molecular complexity index is 1270. The van der Waals surface area contributed by atoms with Crippen LogP contribution in [0.25, 0.3) is 0 Å². The molecule has 5 N–H and O–H groups in total. The third-order valence-corrected chi connectivity index (χ3v) is 9.43. The topological polar surface area (TPSA) is 177 Å². The number of amides is 5. The van der Waals surface area contributed by atoms with Gasteiger partial charge in [0.15, 0.2) is 0 Å². The fourth-order valence-corrected chi connectivity index (χ4v) is 6.28. The van der Waals surface area contributed by atoms with Crippen LogP contribution in [0.1, 0.15) is 138 Å². The summed E-state index contributed by atoms with van der Waals surface area (Å²) in [6.45, 7) is 15.9. The van der Waals surface area contributed by atoms with Gasteiger partial charge in [0.05, 0.1) is 6.04 Å². The normalized spacial score (nSPS) is 18.0. The second-order valence-electron chi connectivity index (χ2n) is 15.2. The van der Waals surface area contributed by atoms with Gasteiger partial charge in [0.2, 0.25) is 17.6 Å². The number of hydrogen-bond acceptors (Lipinski definition) is 7. The van der Waals surface area contributed by atoms with E-state index >= 15 is 0 Å². The summed E-state index contributed by atoms with van der Waals surface area (Å²) in [6.07, 6.45) is 12.8. The molecule has 1 saturated heterocycles. The highest BCUT2D eigenvalue weighted by Crippen LogP contribution is 2.31. The van der Waals surface area contributed by atoms with Crippen LogP contribution in [-0.4, -0.2) is 71.6 Å². The number of benzene rings is 1. The van der Waals surface area contributed by atoms with Gasteiger partial charge in [0.1, 0.15) is 25.2 Å². The summed E-state index contributed by atoms with van der Waals surface area (Å²) >= 11 is 0. The lowest BCUT2D eigenvalue weighted by molar-refractivity contribution is -0.143. The van der Waals surface area contributed by atoms with E-state index in [2.05, 4.69) is 36.7 Å². The van der Waals surface area contributed by atoms with E-state index in [0.29, 0.717) is 19.3 Å². The van der Waals surface area contributed by atoms with E-state index in [0.717, 1.165) is 30.7 Å². The number of Topliss-reactive ketones (excluding diaryl/α,β-unsaturated/α-hetero) is 1. The third kappa shape index (κ3) is 17.6.